The Kier molecular flexibility index (Phi) is 6.55. The first-order chi connectivity index (χ1) is 13.0. The first-order valence-corrected chi connectivity index (χ1v) is 10.1. The fourth-order valence-corrected chi connectivity index (χ4v) is 4.33. The van der Waals surface area contributed by atoms with E-state index in [1.165, 1.54) is 23.5 Å². The van der Waals surface area contributed by atoms with Gasteiger partial charge in [-0.05, 0) is 25.0 Å². The Labute approximate surface area is 161 Å². The third-order valence-corrected chi connectivity index (χ3v) is 5.83. The number of benzene rings is 1. The molecule has 2 aromatic rings. The Hall–Kier alpha value is -2.28. The summed E-state index contributed by atoms with van der Waals surface area (Å²) in [5.41, 5.74) is 1.28. The minimum absolute atomic E-state index is 0.0919. The van der Waals surface area contributed by atoms with E-state index in [1.807, 2.05) is 0 Å². The third kappa shape index (κ3) is 5.35. The molecule has 5 nitrogen and oxygen atoms in total. The smallest absolute Gasteiger partial charge is 0.308 e. The van der Waals surface area contributed by atoms with Gasteiger partial charge in [-0.1, -0.05) is 37.8 Å². The average molecular weight is 390 g/mol. The van der Waals surface area contributed by atoms with Gasteiger partial charge in [-0.25, -0.2) is 9.37 Å². The molecule has 1 saturated carbocycles. The summed E-state index contributed by atoms with van der Waals surface area (Å²) in [4.78, 5) is 28.4. The summed E-state index contributed by atoms with van der Waals surface area (Å²) < 4.78 is 13.4. The maximum atomic E-state index is 13.4. The molecule has 1 aliphatic carbocycles. The molecule has 0 spiro atoms. The Morgan fingerprint density at radius 2 is 2.00 bits per heavy atom. The zero-order chi connectivity index (χ0) is 19.2. The van der Waals surface area contributed by atoms with E-state index in [0.29, 0.717) is 29.1 Å². The molecule has 1 heterocycles. The quantitative estimate of drug-likeness (QED) is 0.808. The van der Waals surface area contributed by atoms with Gasteiger partial charge in [-0.15, -0.1) is 11.3 Å². The van der Waals surface area contributed by atoms with Crippen molar-refractivity contribution in [2.24, 2.45) is 5.92 Å². The van der Waals surface area contributed by atoms with Crippen LogP contribution in [0.4, 0.5) is 4.39 Å². The Balaban J connectivity index is 1.63. The number of carbonyl (C=O) groups is 2. The zero-order valence-electron chi connectivity index (χ0n) is 15.0. The van der Waals surface area contributed by atoms with E-state index >= 15 is 0 Å². The van der Waals surface area contributed by atoms with Crippen LogP contribution < -0.4 is 5.32 Å². The van der Waals surface area contributed by atoms with Crippen LogP contribution in [0, 0.1) is 11.7 Å². The standard InChI is InChI=1S/C20H23FN2O3S/c21-14-7-5-6-13(10-14)19-22-15(12-27-19)11-18(24)23-17-9-4-2-1-3-8-16(17)20(25)26/h5-7,10,12,16-17H,1-4,8-9,11H2,(H,23,24)(H,25,26). The molecule has 1 aliphatic rings. The summed E-state index contributed by atoms with van der Waals surface area (Å²) in [6.07, 6.45) is 5.30. The molecular weight excluding hydrogens is 367 g/mol. The highest BCUT2D eigenvalue weighted by Gasteiger charge is 2.29. The van der Waals surface area contributed by atoms with E-state index in [1.54, 1.807) is 17.5 Å². The normalized spacial score (nSPS) is 20.5. The molecule has 2 atom stereocenters. The molecule has 144 valence electrons. The summed E-state index contributed by atoms with van der Waals surface area (Å²) in [6.45, 7) is 0. The lowest BCUT2D eigenvalue weighted by molar-refractivity contribution is -0.143. The predicted octanol–water partition coefficient (Wildman–Crippen LogP) is 4.03. The SMILES string of the molecule is O=C(Cc1csc(-c2cccc(F)c2)n1)NC1CCCCCCC1C(=O)O. The van der Waals surface area contributed by atoms with Crippen molar-refractivity contribution in [3.8, 4) is 10.6 Å². The van der Waals surface area contributed by atoms with Crippen LogP contribution in [0.25, 0.3) is 10.6 Å². The number of nitrogens with one attached hydrogen (secondary N) is 1. The van der Waals surface area contributed by atoms with E-state index in [2.05, 4.69) is 10.3 Å². The maximum Gasteiger partial charge on any atom is 0.308 e. The second kappa shape index (κ2) is 9.08. The summed E-state index contributed by atoms with van der Waals surface area (Å²) in [5.74, 6) is -1.93. The highest BCUT2D eigenvalue weighted by atomic mass is 32.1. The number of rotatable bonds is 5. The number of aliphatic carboxylic acids is 1. The maximum absolute atomic E-state index is 13.4. The van der Waals surface area contributed by atoms with Crippen molar-refractivity contribution in [2.75, 3.05) is 0 Å². The summed E-state index contributed by atoms with van der Waals surface area (Å²) in [6, 6.07) is 5.85. The number of amides is 1. The van der Waals surface area contributed by atoms with E-state index in [4.69, 9.17) is 0 Å². The fraction of sp³-hybridized carbons (Fsp3) is 0.450. The van der Waals surface area contributed by atoms with Gasteiger partial charge in [-0.2, -0.15) is 0 Å². The molecule has 27 heavy (non-hydrogen) atoms. The van der Waals surface area contributed by atoms with Crippen molar-refractivity contribution in [1.29, 1.82) is 0 Å². The molecule has 1 amide bonds. The van der Waals surface area contributed by atoms with E-state index in [0.717, 1.165) is 25.7 Å². The Morgan fingerprint density at radius 3 is 2.74 bits per heavy atom. The number of thiazole rings is 1. The monoisotopic (exact) mass is 390 g/mol. The van der Waals surface area contributed by atoms with Crippen LogP contribution in [0.15, 0.2) is 29.6 Å². The second-order valence-corrected chi connectivity index (χ2v) is 7.80. The highest BCUT2D eigenvalue weighted by Crippen LogP contribution is 2.25. The average Bonchev–Trinajstić information content (AvgIpc) is 3.05. The number of carboxylic acids is 1. The molecule has 2 unspecified atom stereocenters. The van der Waals surface area contributed by atoms with Gasteiger partial charge in [0.05, 0.1) is 18.0 Å². The molecule has 1 aromatic heterocycles. The molecule has 0 saturated heterocycles. The molecule has 0 radical (unpaired) electrons. The number of hydrogen-bond donors (Lipinski definition) is 2. The number of carboxylic acid groups (broad SMARTS) is 1. The number of halogens is 1. The minimum Gasteiger partial charge on any atom is -0.481 e. The lowest BCUT2D eigenvalue weighted by Gasteiger charge is -2.27. The van der Waals surface area contributed by atoms with Gasteiger partial charge < -0.3 is 10.4 Å². The van der Waals surface area contributed by atoms with Crippen LogP contribution in [-0.2, 0) is 16.0 Å². The van der Waals surface area contributed by atoms with Crippen LogP contribution in [0.1, 0.15) is 44.2 Å². The summed E-state index contributed by atoms with van der Waals surface area (Å²) in [7, 11) is 0. The number of nitrogens with zero attached hydrogens (tertiary/aromatic N) is 1. The van der Waals surface area contributed by atoms with Crippen LogP contribution >= 0.6 is 11.3 Å². The molecule has 2 N–H and O–H groups in total. The molecule has 7 heteroatoms. The van der Waals surface area contributed by atoms with E-state index in [-0.39, 0.29) is 24.2 Å². The van der Waals surface area contributed by atoms with Crippen molar-refractivity contribution in [1.82, 2.24) is 10.3 Å². The molecule has 0 bridgehead atoms. The lowest BCUT2D eigenvalue weighted by Crippen LogP contribution is -2.44. The number of carbonyl (C=O) groups excluding carboxylic acids is 1. The largest absolute Gasteiger partial charge is 0.481 e. The number of aromatic nitrogens is 1. The van der Waals surface area contributed by atoms with Gasteiger partial charge >= 0.3 is 5.97 Å². The third-order valence-electron chi connectivity index (χ3n) is 4.89. The van der Waals surface area contributed by atoms with Crippen molar-refractivity contribution >= 4 is 23.2 Å². The molecular formula is C20H23FN2O3S. The Morgan fingerprint density at radius 1 is 1.22 bits per heavy atom. The first-order valence-electron chi connectivity index (χ1n) is 9.25. The van der Waals surface area contributed by atoms with Crippen molar-refractivity contribution < 1.29 is 19.1 Å². The second-order valence-electron chi connectivity index (χ2n) is 6.94. The van der Waals surface area contributed by atoms with Gasteiger partial charge in [-0.3, -0.25) is 9.59 Å². The topological polar surface area (TPSA) is 79.3 Å². The molecule has 1 fully saturated rings. The van der Waals surface area contributed by atoms with Crippen molar-refractivity contribution in [3.05, 3.63) is 41.2 Å². The Bertz CT molecular complexity index is 808. The van der Waals surface area contributed by atoms with Crippen LogP contribution in [0.3, 0.4) is 0 Å². The summed E-state index contributed by atoms with van der Waals surface area (Å²) >= 11 is 1.36. The van der Waals surface area contributed by atoms with E-state index < -0.39 is 11.9 Å². The minimum atomic E-state index is -0.843. The zero-order valence-corrected chi connectivity index (χ0v) is 15.8. The molecule has 1 aromatic carbocycles. The number of hydrogen-bond acceptors (Lipinski definition) is 4. The predicted molar refractivity (Wildman–Crippen MR) is 102 cm³/mol. The fourth-order valence-electron chi connectivity index (χ4n) is 3.52. The van der Waals surface area contributed by atoms with Crippen molar-refractivity contribution in [2.45, 2.75) is 51.0 Å². The van der Waals surface area contributed by atoms with E-state index in [9.17, 15) is 19.1 Å². The van der Waals surface area contributed by atoms with Crippen molar-refractivity contribution in [3.63, 3.8) is 0 Å². The van der Waals surface area contributed by atoms with Gasteiger partial charge in [0, 0.05) is 17.0 Å². The van der Waals surface area contributed by atoms with Crippen LogP contribution in [0.5, 0.6) is 0 Å². The first kappa shape index (κ1) is 19.5. The van der Waals surface area contributed by atoms with Crippen LogP contribution in [-0.4, -0.2) is 28.0 Å². The van der Waals surface area contributed by atoms with Gasteiger partial charge in [0.15, 0.2) is 0 Å². The van der Waals surface area contributed by atoms with Crippen LogP contribution in [0.2, 0.25) is 0 Å². The van der Waals surface area contributed by atoms with Gasteiger partial charge in [0.2, 0.25) is 5.91 Å². The lowest BCUT2D eigenvalue weighted by atomic mass is 9.86. The highest BCUT2D eigenvalue weighted by molar-refractivity contribution is 7.13. The van der Waals surface area contributed by atoms with Gasteiger partial charge in [0.25, 0.3) is 0 Å². The molecule has 3 rings (SSSR count). The van der Waals surface area contributed by atoms with Gasteiger partial charge in [0.1, 0.15) is 10.8 Å². The summed E-state index contributed by atoms with van der Waals surface area (Å²) in [5, 5.41) is 14.8. The molecule has 0 aliphatic heterocycles.